The standard InChI is InChI=1S/C19H26N4O2S2/c1-12(2)11-21-18-22-23-19(27-18)26-13(3)17(25)16-7-5-15(6-8-16)9-10-20-14(4)24/h5-8,12-13H,9-11H2,1-4H3,(H,20,24)(H,21,22). The Morgan fingerprint density at radius 1 is 1.15 bits per heavy atom. The number of rotatable bonds is 10. The van der Waals surface area contributed by atoms with Crippen molar-refractivity contribution in [3.63, 3.8) is 0 Å². The van der Waals surface area contributed by atoms with Crippen molar-refractivity contribution in [2.45, 2.75) is 43.7 Å². The average molecular weight is 407 g/mol. The maximum absolute atomic E-state index is 12.6. The van der Waals surface area contributed by atoms with Crippen LogP contribution in [0.3, 0.4) is 0 Å². The zero-order valence-corrected chi connectivity index (χ0v) is 17.7. The molecule has 0 aliphatic rings. The van der Waals surface area contributed by atoms with E-state index in [0.717, 1.165) is 28.0 Å². The molecule has 1 unspecified atom stereocenters. The summed E-state index contributed by atoms with van der Waals surface area (Å²) in [6, 6.07) is 7.56. The number of amides is 1. The van der Waals surface area contributed by atoms with Crippen LogP contribution in [0.1, 0.15) is 43.6 Å². The number of anilines is 1. The fraction of sp³-hybridized carbons (Fsp3) is 0.474. The Morgan fingerprint density at radius 3 is 2.48 bits per heavy atom. The quantitative estimate of drug-likeness (QED) is 0.463. The van der Waals surface area contributed by atoms with Gasteiger partial charge in [0.1, 0.15) is 0 Å². The summed E-state index contributed by atoms with van der Waals surface area (Å²) in [5.74, 6) is 0.568. The Labute approximate surface area is 168 Å². The molecular weight excluding hydrogens is 380 g/mol. The summed E-state index contributed by atoms with van der Waals surface area (Å²) in [5.41, 5.74) is 1.77. The average Bonchev–Trinajstić information content (AvgIpc) is 3.07. The lowest BCUT2D eigenvalue weighted by Gasteiger charge is -2.09. The van der Waals surface area contributed by atoms with Gasteiger partial charge in [-0.2, -0.15) is 0 Å². The second-order valence-electron chi connectivity index (χ2n) is 6.70. The van der Waals surface area contributed by atoms with E-state index in [1.165, 1.54) is 30.0 Å². The monoisotopic (exact) mass is 406 g/mol. The molecule has 0 bridgehead atoms. The first-order chi connectivity index (χ1) is 12.8. The predicted molar refractivity (Wildman–Crippen MR) is 112 cm³/mol. The first kappa shape index (κ1) is 21.4. The summed E-state index contributed by atoms with van der Waals surface area (Å²) < 4.78 is 0.786. The first-order valence-corrected chi connectivity index (χ1v) is 10.7. The number of nitrogens with zero attached hydrogens (tertiary/aromatic N) is 2. The lowest BCUT2D eigenvalue weighted by atomic mass is 10.0. The molecule has 0 saturated carbocycles. The van der Waals surface area contributed by atoms with E-state index in [4.69, 9.17) is 0 Å². The minimum atomic E-state index is -0.235. The highest BCUT2D eigenvalue weighted by atomic mass is 32.2. The third-order valence-corrected chi connectivity index (χ3v) is 5.81. The number of aromatic nitrogens is 2. The Bertz CT molecular complexity index is 759. The van der Waals surface area contributed by atoms with E-state index in [-0.39, 0.29) is 16.9 Å². The molecule has 2 N–H and O–H groups in total. The SMILES string of the molecule is CC(=O)NCCc1ccc(C(=O)C(C)Sc2nnc(NCC(C)C)s2)cc1. The zero-order valence-electron chi connectivity index (χ0n) is 16.1. The molecule has 2 aromatic rings. The molecule has 27 heavy (non-hydrogen) atoms. The molecule has 0 aliphatic carbocycles. The van der Waals surface area contributed by atoms with E-state index in [9.17, 15) is 9.59 Å². The van der Waals surface area contributed by atoms with Gasteiger partial charge in [0, 0.05) is 25.6 Å². The fourth-order valence-corrected chi connectivity index (χ4v) is 4.26. The number of Topliss-reactive ketones (excluding diaryl/α,β-unsaturated/α-hetero) is 1. The molecule has 0 radical (unpaired) electrons. The minimum absolute atomic E-state index is 0.0353. The number of nitrogens with one attached hydrogen (secondary N) is 2. The molecule has 1 aromatic heterocycles. The van der Waals surface area contributed by atoms with Crippen LogP contribution in [0, 0.1) is 5.92 Å². The fourth-order valence-electron chi connectivity index (χ4n) is 2.28. The normalized spacial score (nSPS) is 12.0. The molecule has 2 rings (SSSR count). The molecule has 0 fully saturated rings. The van der Waals surface area contributed by atoms with Crippen molar-refractivity contribution in [1.29, 1.82) is 0 Å². The van der Waals surface area contributed by atoms with Crippen LogP contribution in [0.25, 0.3) is 0 Å². The summed E-state index contributed by atoms with van der Waals surface area (Å²) in [7, 11) is 0. The van der Waals surface area contributed by atoms with Crippen LogP contribution in [-0.2, 0) is 11.2 Å². The molecule has 8 heteroatoms. The molecule has 0 saturated heterocycles. The van der Waals surface area contributed by atoms with Crippen molar-refractivity contribution in [2.24, 2.45) is 5.92 Å². The van der Waals surface area contributed by atoms with Gasteiger partial charge in [0.2, 0.25) is 11.0 Å². The maximum atomic E-state index is 12.6. The van der Waals surface area contributed by atoms with Gasteiger partial charge in [0.15, 0.2) is 10.1 Å². The summed E-state index contributed by atoms with van der Waals surface area (Å²) in [6.07, 6.45) is 0.745. The molecule has 0 spiro atoms. The van der Waals surface area contributed by atoms with Crippen molar-refractivity contribution < 1.29 is 9.59 Å². The van der Waals surface area contributed by atoms with Crippen LogP contribution in [-0.4, -0.2) is 40.2 Å². The number of thioether (sulfide) groups is 1. The summed E-state index contributed by atoms with van der Waals surface area (Å²) in [4.78, 5) is 23.5. The highest BCUT2D eigenvalue weighted by molar-refractivity contribution is 8.02. The van der Waals surface area contributed by atoms with Gasteiger partial charge in [-0.1, -0.05) is 61.2 Å². The summed E-state index contributed by atoms with van der Waals surface area (Å²) >= 11 is 2.90. The highest BCUT2D eigenvalue weighted by Gasteiger charge is 2.19. The van der Waals surface area contributed by atoms with Gasteiger partial charge in [0.05, 0.1) is 5.25 Å². The third-order valence-electron chi connectivity index (χ3n) is 3.74. The number of carbonyl (C=O) groups is 2. The van der Waals surface area contributed by atoms with E-state index in [2.05, 4.69) is 34.7 Å². The number of carbonyl (C=O) groups excluding carboxylic acids is 2. The van der Waals surface area contributed by atoms with Gasteiger partial charge in [-0.3, -0.25) is 9.59 Å². The van der Waals surface area contributed by atoms with Crippen LogP contribution >= 0.6 is 23.1 Å². The van der Waals surface area contributed by atoms with Crippen molar-refractivity contribution in [3.05, 3.63) is 35.4 Å². The molecular formula is C19H26N4O2S2. The Kier molecular flexibility index (Phi) is 8.24. The second kappa shape index (κ2) is 10.4. The maximum Gasteiger partial charge on any atom is 0.216 e. The molecule has 1 aromatic carbocycles. The molecule has 1 atom stereocenters. The lowest BCUT2D eigenvalue weighted by molar-refractivity contribution is -0.118. The lowest BCUT2D eigenvalue weighted by Crippen LogP contribution is -2.22. The molecule has 6 nitrogen and oxygen atoms in total. The van der Waals surface area contributed by atoms with E-state index in [1.54, 1.807) is 0 Å². The third kappa shape index (κ3) is 7.30. The molecule has 0 aliphatic heterocycles. The van der Waals surface area contributed by atoms with E-state index in [1.807, 2.05) is 31.2 Å². The predicted octanol–water partition coefficient (Wildman–Crippen LogP) is 3.65. The first-order valence-electron chi connectivity index (χ1n) is 8.96. The van der Waals surface area contributed by atoms with E-state index in [0.29, 0.717) is 18.0 Å². The van der Waals surface area contributed by atoms with Gasteiger partial charge < -0.3 is 10.6 Å². The smallest absolute Gasteiger partial charge is 0.216 e. The zero-order chi connectivity index (χ0) is 19.8. The topological polar surface area (TPSA) is 84.0 Å². The van der Waals surface area contributed by atoms with Crippen LogP contribution < -0.4 is 10.6 Å². The summed E-state index contributed by atoms with van der Waals surface area (Å²) in [6.45, 7) is 9.11. The van der Waals surface area contributed by atoms with Gasteiger partial charge in [-0.05, 0) is 24.8 Å². The van der Waals surface area contributed by atoms with Gasteiger partial charge in [0.25, 0.3) is 0 Å². The Hall–Kier alpha value is -1.93. The largest absolute Gasteiger partial charge is 0.360 e. The van der Waals surface area contributed by atoms with Crippen LogP contribution in [0.2, 0.25) is 0 Å². The number of ketones is 1. The van der Waals surface area contributed by atoms with Crippen molar-refractivity contribution >= 4 is 39.9 Å². The number of hydrogen-bond acceptors (Lipinski definition) is 7. The Balaban J connectivity index is 1.88. The summed E-state index contributed by atoms with van der Waals surface area (Å²) in [5, 5.41) is 14.8. The van der Waals surface area contributed by atoms with Gasteiger partial charge in [-0.15, -0.1) is 10.2 Å². The molecule has 1 heterocycles. The Morgan fingerprint density at radius 2 is 1.85 bits per heavy atom. The molecule has 1 amide bonds. The van der Waals surface area contributed by atoms with Crippen LogP contribution in [0.15, 0.2) is 28.6 Å². The van der Waals surface area contributed by atoms with Gasteiger partial charge in [-0.25, -0.2) is 0 Å². The second-order valence-corrected chi connectivity index (χ2v) is 9.27. The molecule has 146 valence electrons. The number of benzene rings is 1. The van der Waals surface area contributed by atoms with Crippen molar-refractivity contribution in [1.82, 2.24) is 15.5 Å². The van der Waals surface area contributed by atoms with Gasteiger partial charge >= 0.3 is 0 Å². The van der Waals surface area contributed by atoms with Crippen molar-refractivity contribution in [3.8, 4) is 0 Å². The van der Waals surface area contributed by atoms with E-state index >= 15 is 0 Å². The van der Waals surface area contributed by atoms with E-state index < -0.39 is 0 Å². The highest BCUT2D eigenvalue weighted by Crippen LogP contribution is 2.30. The van der Waals surface area contributed by atoms with Crippen LogP contribution in [0.5, 0.6) is 0 Å². The van der Waals surface area contributed by atoms with Crippen LogP contribution in [0.4, 0.5) is 5.13 Å². The number of hydrogen-bond donors (Lipinski definition) is 2. The van der Waals surface area contributed by atoms with Crippen molar-refractivity contribution in [2.75, 3.05) is 18.4 Å². The minimum Gasteiger partial charge on any atom is -0.360 e.